The van der Waals surface area contributed by atoms with Gasteiger partial charge in [0.25, 0.3) is 0 Å². The average Bonchev–Trinajstić information content (AvgIpc) is 2.87. The molecule has 0 fully saturated rings. The predicted octanol–water partition coefficient (Wildman–Crippen LogP) is 5.51. The Bertz CT molecular complexity index is 1280. The van der Waals surface area contributed by atoms with Gasteiger partial charge in [-0.15, -0.1) is 0 Å². The number of nitrogens with zero attached hydrogens (tertiary/aromatic N) is 1. The highest BCUT2D eigenvalue weighted by Gasteiger charge is 2.33. The van der Waals surface area contributed by atoms with Gasteiger partial charge in [0.2, 0.25) is 0 Å². The number of aryl methyl sites for hydroxylation is 1. The molecule has 3 aromatic carbocycles. The summed E-state index contributed by atoms with van der Waals surface area (Å²) >= 11 is 0. The zero-order chi connectivity index (χ0) is 23.8. The minimum Gasteiger partial charge on any atom is -0.493 e. The van der Waals surface area contributed by atoms with Crippen LogP contribution in [0.15, 0.2) is 48.5 Å². The molecule has 2 heterocycles. The fourth-order valence-corrected chi connectivity index (χ4v) is 5.32. The molecule has 0 radical (unpaired) electrons. The van der Waals surface area contributed by atoms with Crippen LogP contribution in [0.2, 0.25) is 0 Å². The summed E-state index contributed by atoms with van der Waals surface area (Å²) in [5, 5.41) is 0. The Morgan fingerprint density at radius 2 is 1.53 bits per heavy atom. The number of hydrogen-bond acceptors (Lipinski definition) is 5. The molecule has 5 heteroatoms. The van der Waals surface area contributed by atoms with Gasteiger partial charge in [-0.1, -0.05) is 30.3 Å². The van der Waals surface area contributed by atoms with Crippen LogP contribution in [0.25, 0.3) is 11.3 Å². The number of rotatable bonds is 6. The molecule has 34 heavy (non-hydrogen) atoms. The molecule has 2 aliphatic rings. The molecule has 3 aromatic rings. The molecule has 0 aromatic heterocycles. The fraction of sp³-hybridized carbons (Fsp3) is 0.310. The molecule has 0 spiro atoms. The molecule has 2 aliphatic heterocycles. The summed E-state index contributed by atoms with van der Waals surface area (Å²) in [4.78, 5) is 2.48. The van der Waals surface area contributed by atoms with Crippen molar-refractivity contribution in [1.82, 2.24) is 4.90 Å². The van der Waals surface area contributed by atoms with Crippen molar-refractivity contribution in [1.29, 1.82) is 0 Å². The van der Waals surface area contributed by atoms with Crippen LogP contribution in [-0.2, 0) is 19.4 Å². The first-order valence-corrected chi connectivity index (χ1v) is 11.6. The Morgan fingerprint density at radius 3 is 2.24 bits per heavy atom. The Hall–Kier alpha value is -3.60. The lowest BCUT2D eigenvalue weighted by atomic mass is 9.82. The van der Waals surface area contributed by atoms with Crippen LogP contribution in [-0.4, -0.2) is 39.9 Å². The second kappa shape index (κ2) is 8.98. The van der Waals surface area contributed by atoms with E-state index in [2.05, 4.69) is 54.3 Å². The van der Waals surface area contributed by atoms with Gasteiger partial charge in [0, 0.05) is 36.3 Å². The van der Waals surface area contributed by atoms with Crippen molar-refractivity contribution in [2.45, 2.75) is 26.3 Å². The van der Waals surface area contributed by atoms with Gasteiger partial charge >= 0.3 is 0 Å². The van der Waals surface area contributed by atoms with Gasteiger partial charge in [0.05, 0.1) is 28.4 Å². The van der Waals surface area contributed by atoms with Gasteiger partial charge in [0.15, 0.2) is 23.0 Å². The van der Waals surface area contributed by atoms with Crippen LogP contribution < -0.4 is 18.9 Å². The summed E-state index contributed by atoms with van der Waals surface area (Å²) in [7, 11) is 6.81. The molecule has 5 rings (SSSR count). The molecule has 0 atom stereocenters. The Balaban J connectivity index is 1.79. The lowest BCUT2D eigenvalue weighted by Gasteiger charge is -2.40. The second-order valence-electron chi connectivity index (χ2n) is 8.79. The summed E-state index contributed by atoms with van der Waals surface area (Å²) in [5.41, 5.74) is 10.1. The van der Waals surface area contributed by atoms with Gasteiger partial charge in [0.1, 0.15) is 0 Å². The number of fused-ring (bicyclic) bond motifs is 4. The third kappa shape index (κ3) is 3.56. The Labute approximate surface area is 201 Å². The standard InChI is InChI=1S/C29H31NO4/c1-18-8-6-7-9-19(18)14-23-21-10-11-25(31-2)29(34-5)24(21)17-30-13-12-20-15-26(32-3)27(33-4)16-22(20)28(23)30/h6-11,15-16H,12-14,17H2,1-5H3. The summed E-state index contributed by atoms with van der Waals surface area (Å²) in [6, 6.07) is 17.1. The quantitative estimate of drug-likeness (QED) is 0.488. The Kier molecular flexibility index (Phi) is 5.86. The minimum absolute atomic E-state index is 0.754. The van der Waals surface area contributed by atoms with E-state index in [4.69, 9.17) is 18.9 Å². The molecule has 176 valence electrons. The maximum Gasteiger partial charge on any atom is 0.166 e. The molecule has 5 nitrogen and oxygen atoms in total. The van der Waals surface area contributed by atoms with Crippen molar-refractivity contribution in [3.8, 4) is 23.0 Å². The van der Waals surface area contributed by atoms with Crippen molar-refractivity contribution in [3.63, 3.8) is 0 Å². The summed E-state index contributed by atoms with van der Waals surface area (Å²) in [6.45, 7) is 3.88. The summed E-state index contributed by atoms with van der Waals surface area (Å²) in [5.74, 6) is 3.12. The van der Waals surface area contributed by atoms with Gasteiger partial charge in [-0.05, 0) is 59.4 Å². The normalized spacial score (nSPS) is 14.2. The largest absolute Gasteiger partial charge is 0.493 e. The van der Waals surface area contributed by atoms with E-state index >= 15 is 0 Å². The van der Waals surface area contributed by atoms with E-state index in [9.17, 15) is 0 Å². The summed E-state index contributed by atoms with van der Waals surface area (Å²) < 4.78 is 22.8. The Morgan fingerprint density at radius 1 is 0.794 bits per heavy atom. The average molecular weight is 458 g/mol. The zero-order valence-electron chi connectivity index (χ0n) is 20.5. The lowest BCUT2D eigenvalue weighted by Crippen LogP contribution is -2.33. The first-order chi connectivity index (χ1) is 16.6. The van der Waals surface area contributed by atoms with E-state index in [1.165, 1.54) is 44.7 Å². The van der Waals surface area contributed by atoms with E-state index in [0.29, 0.717) is 0 Å². The predicted molar refractivity (Wildman–Crippen MR) is 135 cm³/mol. The van der Waals surface area contributed by atoms with E-state index in [1.54, 1.807) is 28.4 Å². The number of hydrogen-bond donors (Lipinski definition) is 0. The van der Waals surface area contributed by atoms with Gasteiger partial charge in [-0.2, -0.15) is 0 Å². The lowest BCUT2D eigenvalue weighted by molar-refractivity contribution is 0.332. The number of benzene rings is 3. The smallest absolute Gasteiger partial charge is 0.166 e. The van der Waals surface area contributed by atoms with Gasteiger partial charge in [-0.25, -0.2) is 0 Å². The van der Waals surface area contributed by atoms with Crippen molar-refractivity contribution in [2.75, 3.05) is 35.0 Å². The zero-order valence-corrected chi connectivity index (χ0v) is 20.5. The van der Waals surface area contributed by atoms with Crippen LogP contribution in [0.3, 0.4) is 0 Å². The highest BCUT2D eigenvalue weighted by molar-refractivity contribution is 5.96. The SMILES string of the molecule is COc1cc2c(cc1OC)C1=C(Cc3ccccc3C)c3ccc(OC)c(OC)c3CN1CC2. The minimum atomic E-state index is 0.754. The molecule has 0 aliphatic carbocycles. The number of allylic oxidation sites excluding steroid dienone is 1. The third-order valence-corrected chi connectivity index (χ3v) is 7.07. The maximum absolute atomic E-state index is 5.86. The maximum atomic E-state index is 5.86. The van der Waals surface area contributed by atoms with E-state index in [0.717, 1.165) is 48.9 Å². The van der Waals surface area contributed by atoms with Crippen molar-refractivity contribution < 1.29 is 18.9 Å². The van der Waals surface area contributed by atoms with E-state index < -0.39 is 0 Å². The van der Waals surface area contributed by atoms with Crippen molar-refractivity contribution >= 4 is 11.3 Å². The molecule has 0 saturated heterocycles. The number of ether oxygens (including phenoxy) is 4. The van der Waals surface area contributed by atoms with Crippen LogP contribution in [0, 0.1) is 6.92 Å². The highest BCUT2D eigenvalue weighted by atomic mass is 16.5. The van der Waals surface area contributed by atoms with Crippen molar-refractivity contribution in [3.05, 3.63) is 81.9 Å². The van der Waals surface area contributed by atoms with Gasteiger partial charge in [-0.3, -0.25) is 0 Å². The number of methoxy groups -OCH3 is 4. The van der Waals surface area contributed by atoms with Crippen LogP contribution in [0.5, 0.6) is 23.0 Å². The summed E-state index contributed by atoms with van der Waals surface area (Å²) in [6.07, 6.45) is 1.77. The third-order valence-electron chi connectivity index (χ3n) is 7.07. The monoisotopic (exact) mass is 457 g/mol. The molecule has 0 unspecified atom stereocenters. The van der Waals surface area contributed by atoms with E-state index in [1.807, 2.05) is 6.07 Å². The van der Waals surface area contributed by atoms with Crippen LogP contribution >= 0.6 is 0 Å². The molecular weight excluding hydrogens is 426 g/mol. The van der Waals surface area contributed by atoms with Gasteiger partial charge < -0.3 is 23.8 Å². The highest BCUT2D eigenvalue weighted by Crippen LogP contribution is 2.48. The second-order valence-corrected chi connectivity index (χ2v) is 8.79. The van der Waals surface area contributed by atoms with Crippen LogP contribution in [0.4, 0.5) is 0 Å². The topological polar surface area (TPSA) is 40.2 Å². The molecule has 0 N–H and O–H groups in total. The van der Waals surface area contributed by atoms with Crippen molar-refractivity contribution in [2.24, 2.45) is 0 Å². The first kappa shape index (κ1) is 22.2. The van der Waals surface area contributed by atoms with Crippen LogP contribution in [0.1, 0.15) is 33.4 Å². The molecular formula is C29H31NO4. The molecule has 0 bridgehead atoms. The molecule has 0 amide bonds. The molecule has 0 saturated carbocycles. The first-order valence-electron chi connectivity index (χ1n) is 11.6. The van der Waals surface area contributed by atoms with E-state index in [-0.39, 0.29) is 0 Å². The fourth-order valence-electron chi connectivity index (χ4n) is 5.32.